The number of nitrogens with zero attached hydrogens (tertiary/aromatic N) is 3. The number of piperazine rings is 1. The molecule has 2 rings (SSSR count). The van der Waals surface area contributed by atoms with E-state index in [-0.39, 0.29) is 35.3 Å². The molecule has 1 aromatic heterocycles. The molecule has 6 nitrogen and oxygen atoms in total. The smallest absolute Gasteiger partial charge is 0.225 e. The lowest BCUT2D eigenvalue weighted by atomic mass is 9.96. The molecule has 0 unspecified atom stereocenters. The van der Waals surface area contributed by atoms with Gasteiger partial charge in [0.2, 0.25) is 5.91 Å². The topological polar surface area (TPSA) is 60.0 Å². The van der Waals surface area contributed by atoms with E-state index >= 15 is 0 Å². The molecular weight excluding hydrogens is 461 g/mol. The summed E-state index contributed by atoms with van der Waals surface area (Å²) < 4.78 is 0. The van der Waals surface area contributed by atoms with Gasteiger partial charge in [0.15, 0.2) is 5.96 Å². The Morgan fingerprint density at radius 2 is 1.85 bits per heavy atom. The lowest BCUT2D eigenvalue weighted by Gasteiger charge is -2.36. The molecule has 1 saturated heterocycles. The van der Waals surface area contributed by atoms with Crippen molar-refractivity contribution in [3.63, 3.8) is 0 Å². The first kappa shape index (κ1) is 23.2. The third-order valence-electron chi connectivity index (χ3n) is 4.22. The summed E-state index contributed by atoms with van der Waals surface area (Å²) in [6.07, 6.45) is 0. The highest BCUT2D eigenvalue weighted by atomic mass is 127. The van der Waals surface area contributed by atoms with E-state index in [1.807, 2.05) is 39.2 Å². The fraction of sp³-hybridized carbons (Fsp3) is 0.667. The van der Waals surface area contributed by atoms with Gasteiger partial charge in [0.1, 0.15) is 0 Å². The maximum Gasteiger partial charge on any atom is 0.225 e. The van der Waals surface area contributed by atoms with Crippen LogP contribution in [0.1, 0.15) is 25.6 Å². The van der Waals surface area contributed by atoms with Crippen molar-refractivity contribution < 1.29 is 4.79 Å². The van der Waals surface area contributed by atoms with Gasteiger partial charge in [0.25, 0.3) is 0 Å². The number of guanidine groups is 1. The van der Waals surface area contributed by atoms with Gasteiger partial charge in [-0.1, -0.05) is 26.8 Å². The number of aliphatic imine (C=N–C) groups is 1. The first-order valence-corrected chi connectivity index (χ1v) is 9.77. The lowest BCUT2D eigenvalue weighted by molar-refractivity contribution is -0.128. The van der Waals surface area contributed by atoms with Gasteiger partial charge in [-0.25, -0.2) is 0 Å². The quantitative estimate of drug-likeness (QED) is 0.286. The predicted molar refractivity (Wildman–Crippen MR) is 120 cm³/mol. The molecule has 0 atom stereocenters. The first-order chi connectivity index (χ1) is 11.9. The number of hydrogen-bond acceptors (Lipinski definition) is 4. The van der Waals surface area contributed by atoms with E-state index < -0.39 is 0 Å². The van der Waals surface area contributed by atoms with Crippen LogP contribution in [0, 0.1) is 5.41 Å². The van der Waals surface area contributed by atoms with Crippen LogP contribution in [-0.4, -0.2) is 68.0 Å². The molecule has 8 heteroatoms. The van der Waals surface area contributed by atoms with Crippen molar-refractivity contribution in [1.29, 1.82) is 0 Å². The highest BCUT2D eigenvalue weighted by molar-refractivity contribution is 14.0. The molecule has 0 saturated carbocycles. The van der Waals surface area contributed by atoms with Crippen LogP contribution in [0.15, 0.2) is 22.5 Å². The Bertz CT molecular complexity index is 563. The number of carbonyl (C=O) groups excluding carboxylic acids is 1. The van der Waals surface area contributed by atoms with Crippen LogP contribution in [0.2, 0.25) is 0 Å². The van der Waals surface area contributed by atoms with Gasteiger partial charge in [-0.3, -0.25) is 14.7 Å². The van der Waals surface area contributed by atoms with Gasteiger partial charge in [-0.15, -0.1) is 35.3 Å². The molecule has 2 heterocycles. The molecule has 1 fully saturated rings. The number of rotatable bonds is 5. The zero-order chi connectivity index (χ0) is 18.3. The number of thiophene rings is 1. The third-order valence-corrected chi connectivity index (χ3v) is 5.08. The summed E-state index contributed by atoms with van der Waals surface area (Å²) in [5, 5.41) is 8.44. The fourth-order valence-electron chi connectivity index (χ4n) is 2.69. The number of amides is 1. The van der Waals surface area contributed by atoms with Crippen LogP contribution >= 0.6 is 35.3 Å². The molecule has 1 aliphatic heterocycles. The minimum Gasteiger partial charge on any atom is -0.354 e. The summed E-state index contributed by atoms with van der Waals surface area (Å²) in [5.74, 6) is 0.993. The minimum absolute atomic E-state index is 0. The second kappa shape index (κ2) is 11.1. The van der Waals surface area contributed by atoms with Crippen LogP contribution in [0.4, 0.5) is 0 Å². The van der Waals surface area contributed by atoms with Crippen molar-refractivity contribution in [2.24, 2.45) is 10.4 Å². The minimum atomic E-state index is -0.347. The second-order valence-electron chi connectivity index (χ2n) is 7.32. The van der Waals surface area contributed by atoms with Crippen LogP contribution in [-0.2, 0) is 11.3 Å². The maximum atomic E-state index is 11.9. The molecule has 0 bridgehead atoms. The van der Waals surface area contributed by atoms with Gasteiger partial charge >= 0.3 is 0 Å². The molecule has 1 aromatic rings. The van der Waals surface area contributed by atoms with Crippen molar-refractivity contribution in [2.75, 3.05) is 46.3 Å². The van der Waals surface area contributed by atoms with Crippen LogP contribution < -0.4 is 10.6 Å². The van der Waals surface area contributed by atoms with Gasteiger partial charge in [-0.2, -0.15) is 0 Å². The fourth-order valence-corrected chi connectivity index (χ4v) is 3.43. The Balaban J connectivity index is 0.00000338. The van der Waals surface area contributed by atoms with Crippen LogP contribution in [0.5, 0.6) is 0 Å². The molecule has 0 radical (unpaired) electrons. The molecule has 26 heavy (non-hydrogen) atoms. The molecule has 1 aliphatic rings. The SMILES string of the molecule is CN=C(NCCNC(=O)C(C)(C)C)N1CCN(Cc2cccs2)CC1.I. The van der Waals surface area contributed by atoms with Crippen molar-refractivity contribution in [3.05, 3.63) is 22.4 Å². The summed E-state index contributed by atoms with van der Waals surface area (Å²) in [6, 6.07) is 4.31. The largest absolute Gasteiger partial charge is 0.354 e. The third kappa shape index (κ3) is 7.40. The van der Waals surface area contributed by atoms with Crippen molar-refractivity contribution in [3.8, 4) is 0 Å². The van der Waals surface area contributed by atoms with Crippen molar-refractivity contribution >= 4 is 47.2 Å². The average molecular weight is 493 g/mol. The zero-order valence-corrected chi connectivity index (χ0v) is 19.4. The lowest BCUT2D eigenvalue weighted by Crippen LogP contribution is -2.53. The maximum absolute atomic E-state index is 11.9. The van der Waals surface area contributed by atoms with Crippen molar-refractivity contribution in [1.82, 2.24) is 20.4 Å². The summed E-state index contributed by atoms with van der Waals surface area (Å²) in [6.45, 7) is 12.1. The molecule has 2 N–H and O–H groups in total. The summed E-state index contributed by atoms with van der Waals surface area (Å²) >= 11 is 1.82. The monoisotopic (exact) mass is 493 g/mol. The Morgan fingerprint density at radius 1 is 1.19 bits per heavy atom. The molecule has 0 spiro atoms. The number of hydrogen-bond donors (Lipinski definition) is 2. The first-order valence-electron chi connectivity index (χ1n) is 8.89. The predicted octanol–water partition coefficient (Wildman–Crippen LogP) is 2.22. The molecule has 148 valence electrons. The Morgan fingerprint density at radius 3 is 2.38 bits per heavy atom. The Labute approximate surface area is 178 Å². The van der Waals surface area contributed by atoms with E-state index in [9.17, 15) is 4.79 Å². The van der Waals surface area contributed by atoms with Crippen LogP contribution in [0.3, 0.4) is 0 Å². The summed E-state index contributed by atoms with van der Waals surface area (Å²) in [7, 11) is 1.81. The summed E-state index contributed by atoms with van der Waals surface area (Å²) in [5.41, 5.74) is -0.347. The van der Waals surface area contributed by atoms with E-state index in [0.29, 0.717) is 13.1 Å². The summed E-state index contributed by atoms with van der Waals surface area (Å²) in [4.78, 5) is 22.4. The van der Waals surface area contributed by atoms with E-state index in [1.165, 1.54) is 4.88 Å². The van der Waals surface area contributed by atoms with E-state index in [4.69, 9.17) is 0 Å². The Kier molecular flexibility index (Phi) is 9.88. The molecule has 1 amide bonds. The standard InChI is InChI=1S/C18H31N5OS.HI/c1-18(2,3)16(24)20-7-8-21-17(19-4)23-11-9-22(10-12-23)14-15-6-5-13-25-15;/h5-6,13H,7-12,14H2,1-4H3,(H,19,21)(H,20,24);1H. The number of halogens is 1. The number of carbonyl (C=O) groups is 1. The highest BCUT2D eigenvalue weighted by Gasteiger charge is 2.21. The van der Waals surface area contributed by atoms with E-state index in [1.54, 1.807) is 0 Å². The number of nitrogens with one attached hydrogen (secondary N) is 2. The molecular formula is C18H32IN5OS. The van der Waals surface area contributed by atoms with Gasteiger partial charge in [0, 0.05) is 63.2 Å². The zero-order valence-electron chi connectivity index (χ0n) is 16.2. The molecule has 0 aliphatic carbocycles. The van der Waals surface area contributed by atoms with Crippen LogP contribution in [0.25, 0.3) is 0 Å². The van der Waals surface area contributed by atoms with Gasteiger partial charge in [-0.05, 0) is 11.4 Å². The normalized spacial score (nSPS) is 16.2. The van der Waals surface area contributed by atoms with Gasteiger partial charge < -0.3 is 15.5 Å². The molecule has 0 aromatic carbocycles. The van der Waals surface area contributed by atoms with E-state index in [0.717, 1.165) is 38.7 Å². The van der Waals surface area contributed by atoms with Crippen molar-refractivity contribution in [2.45, 2.75) is 27.3 Å². The Hall–Kier alpha value is -0.870. The van der Waals surface area contributed by atoms with Gasteiger partial charge in [0.05, 0.1) is 0 Å². The second-order valence-corrected chi connectivity index (χ2v) is 8.35. The highest BCUT2D eigenvalue weighted by Crippen LogP contribution is 2.14. The van der Waals surface area contributed by atoms with E-state index in [2.05, 4.69) is 42.9 Å². The average Bonchev–Trinajstić information content (AvgIpc) is 3.08.